The van der Waals surface area contributed by atoms with Crippen LogP contribution in [0.25, 0.3) is 0 Å². The Kier molecular flexibility index (Phi) is 7.70. The number of nitrogens with one attached hydrogen (secondary N) is 3. The highest BCUT2D eigenvalue weighted by Gasteiger charge is 2.43. The second-order valence-corrected chi connectivity index (χ2v) is 9.42. The summed E-state index contributed by atoms with van der Waals surface area (Å²) in [7, 11) is 6.60. The van der Waals surface area contributed by atoms with Gasteiger partial charge in [-0.25, -0.2) is 4.79 Å². The van der Waals surface area contributed by atoms with E-state index in [1.165, 1.54) is 0 Å². The summed E-state index contributed by atoms with van der Waals surface area (Å²) in [6, 6.07) is 13.8. The maximum atomic E-state index is 12.8. The molecule has 0 radical (unpaired) electrons. The van der Waals surface area contributed by atoms with Gasteiger partial charge in [-0.2, -0.15) is 5.43 Å². The highest BCUT2D eigenvalue weighted by molar-refractivity contribution is 5.78. The number of carbonyl (C=O) groups excluding carboxylic acids is 2. The molecule has 2 aromatic carbocycles. The lowest BCUT2D eigenvalue weighted by atomic mass is 9.89. The number of fused-ring (bicyclic) bond motifs is 1. The van der Waals surface area contributed by atoms with Crippen molar-refractivity contribution in [1.29, 1.82) is 0 Å². The third-order valence-electron chi connectivity index (χ3n) is 7.42. The normalized spacial score (nSPS) is 22.4. The number of methoxy groups -OCH3 is 2. The fourth-order valence-corrected chi connectivity index (χ4v) is 5.31. The number of urea groups is 1. The highest BCUT2D eigenvalue weighted by Crippen LogP contribution is 2.39. The minimum atomic E-state index is -1.11. The van der Waals surface area contributed by atoms with Crippen LogP contribution < -0.4 is 25.7 Å². The second-order valence-electron chi connectivity index (χ2n) is 9.42. The first kappa shape index (κ1) is 25.8. The topological polar surface area (TPSA) is 95.2 Å². The Morgan fingerprint density at radius 3 is 2.31 bits per heavy atom. The average Bonchev–Trinajstić information content (AvgIpc) is 3.06. The van der Waals surface area contributed by atoms with E-state index in [9.17, 15) is 9.59 Å². The Labute approximate surface area is 213 Å². The van der Waals surface area contributed by atoms with Gasteiger partial charge in [0.2, 0.25) is 5.91 Å². The van der Waals surface area contributed by atoms with Crippen LogP contribution in [0.3, 0.4) is 0 Å². The Hall–Kier alpha value is -3.30. The molecule has 0 saturated carbocycles. The van der Waals surface area contributed by atoms with Gasteiger partial charge >= 0.3 is 6.03 Å². The van der Waals surface area contributed by atoms with Crippen molar-refractivity contribution in [1.82, 2.24) is 21.1 Å². The molecule has 3 N–H and O–H groups in total. The van der Waals surface area contributed by atoms with Gasteiger partial charge in [0.15, 0.2) is 5.72 Å². The van der Waals surface area contributed by atoms with E-state index in [-0.39, 0.29) is 23.9 Å². The fourth-order valence-electron chi connectivity index (χ4n) is 5.31. The summed E-state index contributed by atoms with van der Waals surface area (Å²) < 4.78 is 11.8. The number of piperidine rings is 1. The van der Waals surface area contributed by atoms with Gasteiger partial charge < -0.3 is 25.0 Å². The van der Waals surface area contributed by atoms with Gasteiger partial charge in [0, 0.05) is 57.0 Å². The van der Waals surface area contributed by atoms with E-state index in [4.69, 9.17) is 9.47 Å². The van der Waals surface area contributed by atoms with Gasteiger partial charge in [-0.3, -0.25) is 9.80 Å². The molecule has 1 unspecified atom stereocenters. The van der Waals surface area contributed by atoms with Gasteiger partial charge in [-0.1, -0.05) is 18.2 Å². The number of amides is 3. The quantitative estimate of drug-likeness (QED) is 0.590. The zero-order valence-electron chi connectivity index (χ0n) is 21.8. The smallest absolute Gasteiger partial charge is 0.331 e. The lowest BCUT2D eigenvalue weighted by Gasteiger charge is -2.39. The Bertz CT molecular complexity index is 1080. The maximum absolute atomic E-state index is 12.8. The lowest BCUT2D eigenvalue weighted by molar-refractivity contribution is -0.125. The predicted molar refractivity (Wildman–Crippen MR) is 139 cm³/mol. The first-order valence-corrected chi connectivity index (χ1v) is 12.4. The van der Waals surface area contributed by atoms with Crippen LogP contribution in [0.15, 0.2) is 42.5 Å². The molecule has 3 amide bonds. The van der Waals surface area contributed by atoms with Crippen molar-refractivity contribution in [2.45, 2.75) is 38.0 Å². The van der Waals surface area contributed by atoms with E-state index in [2.05, 4.69) is 33.1 Å². The summed E-state index contributed by atoms with van der Waals surface area (Å²) >= 11 is 0. The summed E-state index contributed by atoms with van der Waals surface area (Å²) in [5, 5.41) is 7.10. The molecule has 2 atom stereocenters. The summed E-state index contributed by atoms with van der Waals surface area (Å²) in [4.78, 5) is 27.1. The highest BCUT2D eigenvalue weighted by atomic mass is 16.5. The number of hydrogen-bond donors (Lipinski definition) is 3. The SMILES string of the molecule is CNC(=O)C1CCN(c2ccc(C3(OC)NN(C(=O)NC)[C@H](C)Cc4ccc(OC)cc43)cc2)CC1. The Morgan fingerprint density at radius 1 is 1.03 bits per heavy atom. The largest absolute Gasteiger partial charge is 0.497 e. The number of ether oxygens (including phenoxy) is 2. The molecule has 36 heavy (non-hydrogen) atoms. The lowest BCUT2D eigenvalue weighted by Crippen LogP contribution is -2.59. The Balaban J connectivity index is 1.70. The molecule has 2 aliphatic rings. The molecule has 0 aliphatic carbocycles. The molecule has 2 aromatic rings. The van der Waals surface area contributed by atoms with Crippen molar-refractivity contribution >= 4 is 17.6 Å². The van der Waals surface area contributed by atoms with Crippen molar-refractivity contribution < 1.29 is 19.1 Å². The second kappa shape index (κ2) is 10.8. The van der Waals surface area contributed by atoms with Crippen LogP contribution in [0.1, 0.15) is 36.5 Å². The molecular weight excluding hydrogens is 458 g/mol. The molecule has 0 spiro atoms. The fraction of sp³-hybridized carbons (Fsp3) is 0.481. The van der Waals surface area contributed by atoms with Crippen LogP contribution in [0.5, 0.6) is 5.75 Å². The molecule has 1 saturated heterocycles. The van der Waals surface area contributed by atoms with Gasteiger partial charge in [0.05, 0.1) is 13.2 Å². The molecule has 9 heteroatoms. The standard InChI is InChI=1S/C27H37N5O4/c1-18-16-20-6-11-23(35-4)17-24(20)27(36-5,30-32(18)26(34)29-3)21-7-9-22(10-8-21)31-14-12-19(13-15-31)25(33)28-2/h6-11,17-19,30H,12-16H2,1-5H3,(H,28,33)(H,29,34)/t18-,27?/m1/s1. The molecule has 9 nitrogen and oxygen atoms in total. The number of hydrogen-bond acceptors (Lipinski definition) is 6. The number of anilines is 1. The van der Waals surface area contributed by atoms with Crippen LogP contribution >= 0.6 is 0 Å². The van der Waals surface area contributed by atoms with Crippen molar-refractivity contribution in [3.63, 3.8) is 0 Å². The van der Waals surface area contributed by atoms with Crippen LogP contribution in [0.2, 0.25) is 0 Å². The zero-order chi connectivity index (χ0) is 25.9. The Morgan fingerprint density at radius 2 is 1.72 bits per heavy atom. The third kappa shape index (κ3) is 4.73. The van der Waals surface area contributed by atoms with Crippen LogP contribution in [-0.4, -0.2) is 64.4 Å². The minimum Gasteiger partial charge on any atom is -0.497 e. The molecular formula is C27H37N5O4. The van der Waals surface area contributed by atoms with Gasteiger partial charge in [0.1, 0.15) is 5.75 Å². The molecule has 2 heterocycles. The third-order valence-corrected chi connectivity index (χ3v) is 7.42. The predicted octanol–water partition coefficient (Wildman–Crippen LogP) is 2.60. The summed E-state index contributed by atoms with van der Waals surface area (Å²) in [5.41, 5.74) is 6.25. The van der Waals surface area contributed by atoms with E-state index < -0.39 is 5.72 Å². The summed E-state index contributed by atoms with van der Waals surface area (Å²) in [6.45, 7) is 3.66. The first-order chi connectivity index (χ1) is 17.4. The number of carbonyl (C=O) groups is 2. The van der Waals surface area contributed by atoms with E-state index in [0.29, 0.717) is 12.2 Å². The van der Waals surface area contributed by atoms with Crippen molar-refractivity contribution in [3.8, 4) is 5.75 Å². The molecule has 1 fully saturated rings. The van der Waals surface area contributed by atoms with Crippen LogP contribution in [-0.2, 0) is 21.7 Å². The molecule has 0 bridgehead atoms. The van der Waals surface area contributed by atoms with E-state index in [1.807, 2.05) is 37.3 Å². The van der Waals surface area contributed by atoms with E-state index in [1.54, 1.807) is 33.3 Å². The number of benzene rings is 2. The monoisotopic (exact) mass is 495 g/mol. The number of hydrazine groups is 1. The van der Waals surface area contributed by atoms with Crippen molar-refractivity contribution in [2.24, 2.45) is 5.92 Å². The molecule has 194 valence electrons. The van der Waals surface area contributed by atoms with Crippen molar-refractivity contribution in [2.75, 3.05) is 46.3 Å². The first-order valence-electron chi connectivity index (χ1n) is 12.4. The average molecular weight is 496 g/mol. The van der Waals surface area contributed by atoms with Gasteiger partial charge in [0.25, 0.3) is 0 Å². The molecule has 4 rings (SSSR count). The van der Waals surface area contributed by atoms with Gasteiger partial charge in [-0.15, -0.1) is 0 Å². The zero-order valence-corrected chi connectivity index (χ0v) is 21.8. The van der Waals surface area contributed by atoms with Crippen LogP contribution in [0.4, 0.5) is 10.5 Å². The van der Waals surface area contributed by atoms with Gasteiger partial charge in [-0.05, 0) is 56.0 Å². The summed E-state index contributed by atoms with van der Waals surface area (Å²) in [5.74, 6) is 0.908. The van der Waals surface area contributed by atoms with E-state index in [0.717, 1.165) is 48.3 Å². The number of nitrogens with zero attached hydrogens (tertiary/aromatic N) is 2. The maximum Gasteiger partial charge on any atom is 0.331 e. The van der Waals surface area contributed by atoms with E-state index >= 15 is 0 Å². The molecule has 0 aromatic heterocycles. The van der Waals surface area contributed by atoms with Crippen molar-refractivity contribution in [3.05, 3.63) is 59.2 Å². The number of rotatable bonds is 5. The van der Waals surface area contributed by atoms with Crippen LogP contribution in [0, 0.1) is 5.92 Å². The summed E-state index contributed by atoms with van der Waals surface area (Å²) in [6.07, 6.45) is 2.32. The molecule has 2 aliphatic heterocycles. The minimum absolute atomic E-state index is 0.0710.